The lowest BCUT2D eigenvalue weighted by molar-refractivity contribution is 1.15. The van der Waals surface area contributed by atoms with Gasteiger partial charge in [-0.3, -0.25) is 0 Å². The molecular formula is C12H9ClN2. The van der Waals surface area contributed by atoms with Crippen LogP contribution in [0.5, 0.6) is 0 Å². The molecule has 0 N–H and O–H groups in total. The molecule has 2 aromatic rings. The number of aromatic nitrogens is 2. The second-order valence-electron chi connectivity index (χ2n) is 3.01. The Morgan fingerprint density at radius 2 is 1.80 bits per heavy atom. The zero-order chi connectivity index (χ0) is 10.5. The third kappa shape index (κ3) is 2.89. The molecule has 0 saturated carbocycles. The second kappa shape index (κ2) is 4.71. The molecule has 0 bridgehead atoms. The maximum Gasteiger partial charge on any atom is 0.133 e. The Bertz CT molecular complexity index is 466. The summed E-state index contributed by atoms with van der Waals surface area (Å²) in [6.45, 7) is 0. The molecule has 0 aliphatic carbocycles. The van der Waals surface area contributed by atoms with Gasteiger partial charge < -0.3 is 0 Å². The van der Waals surface area contributed by atoms with E-state index < -0.39 is 0 Å². The van der Waals surface area contributed by atoms with Crippen molar-refractivity contribution in [3.63, 3.8) is 0 Å². The van der Waals surface area contributed by atoms with Gasteiger partial charge in [-0.1, -0.05) is 48.0 Å². The topological polar surface area (TPSA) is 25.8 Å². The van der Waals surface area contributed by atoms with Gasteiger partial charge in [0.2, 0.25) is 0 Å². The summed E-state index contributed by atoms with van der Waals surface area (Å²) in [5.74, 6) is 0. The van der Waals surface area contributed by atoms with Crippen LogP contribution in [0.3, 0.4) is 0 Å². The summed E-state index contributed by atoms with van der Waals surface area (Å²) < 4.78 is 0. The maximum absolute atomic E-state index is 5.74. The predicted molar refractivity (Wildman–Crippen MR) is 62.4 cm³/mol. The molecule has 0 atom stereocenters. The molecule has 0 aliphatic heterocycles. The fourth-order valence-corrected chi connectivity index (χ4v) is 1.34. The lowest BCUT2D eigenvalue weighted by atomic mass is 10.2. The van der Waals surface area contributed by atoms with Crippen LogP contribution in [-0.4, -0.2) is 9.97 Å². The van der Waals surface area contributed by atoms with Gasteiger partial charge in [-0.05, 0) is 11.6 Å². The molecular weight excluding hydrogens is 208 g/mol. The predicted octanol–water partition coefficient (Wildman–Crippen LogP) is 3.30. The Balaban J connectivity index is 2.19. The van der Waals surface area contributed by atoms with Crippen LogP contribution in [0, 0.1) is 0 Å². The molecule has 0 unspecified atom stereocenters. The van der Waals surface area contributed by atoms with Crippen LogP contribution in [-0.2, 0) is 0 Å². The fraction of sp³-hybridized carbons (Fsp3) is 0. The first-order valence-electron chi connectivity index (χ1n) is 4.55. The van der Waals surface area contributed by atoms with Gasteiger partial charge in [-0.2, -0.15) is 0 Å². The first-order valence-corrected chi connectivity index (χ1v) is 4.93. The molecule has 2 rings (SSSR count). The average molecular weight is 217 g/mol. The van der Waals surface area contributed by atoms with Crippen molar-refractivity contribution in [2.75, 3.05) is 0 Å². The van der Waals surface area contributed by atoms with Crippen molar-refractivity contribution >= 4 is 23.8 Å². The van der Waals surface area contributed by atoms with Crippen molar-refractivity contribution in [2.24, 2.45) is 0 Å². The molecule has 1 aromatic carbocycles. The van der Waals surface area contributed by atoms with Gasteiger partial charge in [-0.15, -0.1) is 0 Å². The highest BCUT2D eigenvalue weighted by Gasteiger charge is 1.91. The summed E-state index contributed by atoms with van der Waals surface area (Å²) >= 11 is 5.74. The average Bonchev–Trinajstić information content (AvgIpc) is 2.28. The SMILES string of the molecule is Clc1cc(/C=C/c2ccccc2)ncn1. The highest BCUT2D eigenvalue weighted by Crippen LogP contribution is 2.08. The van der Waals surface area contributed by atoms with Gasteiger partial charge in [0.05, 0.1) is 5.69 Å². The Hall–Kier alpha value is -1.67. The van der Waals surface area contributed by atoms with E-state index in [1.807, 2.05) is 42.5 Å². The quantitative estimate of drug-likeness (QED) is 0.720. The van der Waals surface area contributed by atoms with E-state index in [2.05, 4.69) is 9.97 Å². The lowest BCUT2D eigenvalue weighted by Crippen LogP contribution is -1.82. The highest BCUT2D eigenvalue weighted by atomic mass is 35.5. The smallest absolute Gasteiger partial charge is 0.133 e. The van der Waals surface area contributed by atoms with E-state index in [1.54, 1.807) is 6.07 Å². The summed E-state index contributed by atoms with van der Waals surface area (Å²) in [6, 6.07) is 11.7. The number of halogens is 1. The first kappa shape index (κ1) is 9.87. The van der Waals surface area contributed by atoms with E-state index >= 15 is 0 Å². The molecule has 74 valence electrons. The van der Waals surface area contributed by atoms with Crippen LogP contribution in [0.4, 0.5) is 0 Å². The van der Waals surface area contributed by atoms with Crippen LogP contribution in [0.25, 0.3) is 12.2 Å². The van der Waals surface area contributed by atoms with E-state index in [1.165, 1.54) is 6.33 Å². The zero-order valence-electron chi connectivity index (χ0n) is 7.97. The molecule has 15 heavy (non-hydrogen) atoms. The Morgan fingerprint density at radius 3 is 2.53 bits per heavy atom. The molecule has 3 heteroatoms. The van der Waals surface area contributed by atoms with Crippen LogP contribution in [0.2, 0.25) is 5.15 Å². The van der Waals surface area contributed by atoms with Gasteiger partial charge in [-0.25, -0.2) is 9.97 Å². The van der Waals surface area contributed by atoms with Crippen molar-refractivity contribution < 1.29 is 0 Å². The summed E-state index contributed by atoms with van der Waals surface area (Å²) in [7, 11) is 0. The number of nitrogens with zero attached hydrogens (tertiary/aromatic N) is 2. The Kier molecular flexibility index (Phi) is 3.10. The number of hydrogen-bond donors (Lipinski definition) is 0. The van der Waals surface area contributed by atoms with Crippen molar-refractivity contribution in [3.8, 4) is 0 Å². The molecule has 0 aliphatic rings. The van der Waals surface area contributed by atoms with E-state index in [0.717, 1.165) is 11.3 Å². The maximum atomic E-state index is 5.74. The number of rotatable bonds is 2. The number of benzene rings is 1. The summed E-state index contributed by atoms with van der Waals surface area (Å²) in [4.78, 5) is 7.89. The fourth-order valence-electron chi connectivity index (χ4n) is 1.18. The summed E-state index contributed by atoms with van der Waals surface area (Å²) in [5.41, 5.74) is 1.94. The molecule has 0 spiro atoms. The van der Waals surface area contributed by atoms with E-state index in [-0.39, 0.29) is 0 Å². The van der Waals surface area contributed by atoms with E-state index in [9.17, 15) is 0 Å². The number of hydrogen-bond acceptors (Lipinski definition) is 2. The van der Waals surface area contributed by atoms with Crippen LogP contribution in [0.1, 0.15) is 11.3 Å². The Morgan fingerprint density at radius 1 is 1.00 bits per heavy atom. The molecule has 1 aromatic heterocycles. The van der Waals surface area contributed by atoms with Crippen LogP contribution < -0.4 is 0 Å². The molecule has 1 heterocycles. The summed E-state index contributed by atoms with van der Waals surface area (Å²) in [5, 5.41) is 0.456. The minimum atomic E-state index is 0.456. The molecule has 0 amide bonds. The van der Waals surface area contributed by atoms with E-state index in [0.29, 0.717) is 5.15 Å². The molecule has 2 nitrogen and oxygen atoms in total. The van der Waals surface area contributed by atoms with Crippen LogP contribution in [0.15, 0.2) is 42.7 Å². The standard InChI is InChI=1S/C12H9ClN2/c13-12-8-11(14-9-15-12)7-6-10-4-2-1-3-5-10/h1-9H/b7-6+. The molecule has 0 radical (unpaired) electrons. The highest BCUT2D eigenvalue weighted by molar-refractivity contribution is 6.29. The lowest BCUT2D eigenvalue weighted by Gasteiger charge is -1.93. The zero-order valence-corrected chi connectivity index (χ0v) is 8.72. The third-order valence-corrected chi connectivity index (χ3v) is 2.11. The van der Waals surface area contributed by atoms with Gasteiger partial charge in [0, 0.05) is 6.07 Å². The minimum absolute atomic E-state index is 0.456. The molecule has 0 saturated heterocycles. The van der Waals surface area contributed by atoms with Gasteiger partial charge in [0.25, 0.3) is 0 Å². The largest absolute Gasteiger partial charge is 0.237 e. The van der Waals surface area contributed by atoms with Crippen molar-refractivity contribution in [2.45, 2.75) is 0 Å². The Labute approximate surface area is 93.3 Å². The molecule has 0 fully saturated rings. The van der Waals surface area contributed by atoms with Crippen molar-refractivity contribution in [1.82, 2.24) is 9.97 Å². The van der Waals surface area contributed by atoms with Gasteiger partial charge >= 0.3 is 0 Å². The van der Waals surface area contributed by atoms with Gasteiger partial charge in [0.1, 0.15) is 11.5 Å². The summed E-state index contributed by atoms with van der Waals surface area (Å²) in [6.07, 6.45) is 5.34. The minimum Gasteiger partial charge on any atom is -0.237 e. The van der Waals surface area contributed by atoms with Gasteiger partial charge in [0.15, 0.2) is 0 Å². The van der Waals surface area contributed by atoms with Crippen molar-refractivity contribution in [3.05, 3.63) is 59.1 Å². The normalized spacial score (nSPS) is 10.7. The first-order chi connectivity index (χ1) is 7.34. The van der Waals surface area contributed by atoms with Crippen molar-refractivity contribution in [1.29, 1.82) is 0 Å². The third-order valence-electron chi connectivity index (χ3n) is 1.90. The van der Waals surface area contributed by atoms with Crippen LogP contribution >= 0.6 is 11.6 Å². The second-order valence-corrected chi connectivity index (χ2v) is 3.40. The van der Waals surface area contributed by atoms with E-state index in [4.69, 9.17) is 11.6 Å². The monoisotopic (exact) mass is 216 g/mol.